The molecule has 28 heavy (non-hydrogen) atoms. The zero-order valence-corrected chi connectivity index (χ0v) is 17.3. The molecule has 4 aromatic heterocycles. The Morgan fingerprint density at radius 1 is 0.786 bits per heavy atom. The van der Waals surface area contributed by atoms with Crippen molar-refractivity contribution in [2.45, 2.75) is 53.4 Å². The number of aryl methyl sites for hydroxylation is 4. The van der Waals surface area contributed by atoms with E-state index in [1.165, 1.54) is 0 Å². The van der Waals surface area contributed by atoms with Crippen molar-refractivity contribution in [2.24, 2.45) is 0 Å². The number of nitrogens with zero attached hydrogens (tertiary/aromatic N) is 4. The number of carbonyl (C=O) groups excluding carboxylic acids is 1. The molecule has 0 aromatic carbocycles. The van der Waals surface area contributed by atoms with E-state index in [9.17, 15) is 4.79 Å². The molecule has 0 spiro atoms. The Balaban J connectivity index is 1.79. The fourth-order valence-electron chi connectivity index (χ4n) is 4.36. The smallest absolute Gasteiger partial charge is 0.150 e. The maximum Gasteiger partial charge on any atom is 0.150 e. The highest BCUT2D eigenvalue weighted by Crippen LogP contribution is 2.31. The Morgan fingerprint density at radius 3 is 1.57 bits per heavy atom. The van der Waals surface area contributed by atoms with E-state index in [1.807, 2.05) is 78.2 Å². The molecule has 4 rings (SSSR count). The summed E-state index contributed by atoms with van der Waals surface area (Å²) in [5.74, 6) is -0.346. The van der Waals surface area contributed by atoms with Crippen LogP contribution < -0.4 is 0 Å². The first-order chi connectivity index (χ1) is 13.3. The lowest BCUT2D eigenvalue weighted by molar-refractivity contribution is -0.121. The minimum absolute atomic E-state index is 0.179. The number of hydrogen-bond donors (Lipinski definition) is 0. The number of aromatic nitrogens is 4. The molecule has 4 aromatic rings. The van der Waals surface area contributed by atoms with Crippen molar-refractivity contribution in [1.82, 2.24) is 18.8 Å². The summed E-state index contributed by atoms with van der Waals surface area (Å²) in [5, 5.41) is 0. The van der Waals surface area contributed by atoms with E-state index in [0.717, 1.165) is 45.2 Å². The fourth-order valence-corrected chi connectivity index (χ4v) is 4.36. The summed E-state index contributed by atoms with van der Waals surface area (Å²) < 4.78 is 4.12. The van der Waals surface area contributed by atoms with Crippen LogP contribution in [-0.4, -0.2) is 24.6 Å². The van der Waals surface area contributed by atoms with Crippen molar-refractivity contribution in [1.29, 1.82) is 0 Å². The van der Waals surface area contributed by atoms with Gasteiger partial charge >= 0.3 is 0 Å². The Kier molecular flexibility index (Phi) is 4.33. The third-order valence-electron chi connectivity index (χ3n) is 5.81. The van der Waals surface area contributed by atoms with Crippen molar-refractivity contribution < 1.29 is 4.79 Å². The van der Waals surface area contributed by atoms with E-state index in [-0.39, 0.29) is 17.6 Å². The highest BCUT2D eigenvalue weighted by molar-refractivity contribution is 5.91. The van der Waals surface area contributed by atoms with Gasteiger partial charge in [0.05, 0.1) is 34.6 Å². The average molecular weight is 374 g/mol. The highest BCUT2D eigenvalue weighted by atomic mass is 16.1. The van der Waals surface area contributed by atoms with E-state index >= 15 is 0 Å². The monoisotopic (exact) mass is 374 g/mol. The van der Waals surface area contributed by atoms with Crippen LogP contribution in [0.4, 0.5) is 0 Å². The van der Waals surface area contributed by atoms with Gasteiger partial charge in [-0.1, -0.05) is 12.1 Å². The maximum atomic E-state index is 13.5. The van der Waals surface area contributed by atoms with Gasteiger partial charge in [-0.3, -0.25) is 4.79 Å². The normalized spacial score (nSPS) is 13.9. The zero-order chi connectivity index (χ0) is 20.2. The van der Waals surface area contributed by atoms with E-state index in [2.05, 4.69) is 8.80 Å². The Morgan fingerprint density at radius 2 is 1.18 bits per heavy atom. The van der Waals surface area contributed by atoms with Gasteiger partial charge in [-0.25, -0.2) is 9.97 Å². The third-order valence-corrected chi connectivity index (χ3v) is 5.81. The van der Waals surface area contributed by atoms with Gasteiger partial charge in [-0.05, 0) is 64.8 Å². The van der Waals surface area contributed by atoms with E-state index in [4.69, 9.17) is 9.97 Å². The lowest BCUT2D eigenvalue weighted by Gasteiger charge is -2.18. The summed E-state index contributed by atoms with van der Waals surface area (Å²) in [6, 6.07) is 8.10. The van der Waals surface area contributed by atoms with Gasteiger partial charge in [0.2, 0.25) is 0 Å². The van der Waals surface area contributed by atoms with Crippen LogP contribution in [0.2, 0.25) is 0 Å². The molecule has 0 amide bonds. The van der Waals surface area contributed by atoms with Gasteiger partial charge in [0, 0.05) is 12.4 Å². The number of Topliss-reactive ketones (excluding diaryl/α,β-unsaturated/α-hetero) is 1. The molecule has 0 aliphatic heterocycles. The molecule has 0 aliphatic carbocycles. The van der Waals surface area contributed by atoms with E-state index < -0.39 is 0 Å². The van der Waals surface area contributed by atoms with Crippen LogP contribution in [0.1, 0.15) is 59.6 Å². The molecule has 144 valence electrons. The highest BCUT2D eigenvalue weighted by Gasteiger charge is 2.30. The fraction of sp³-hybridized carbons (Fsp3) is 0.348. The molecule has 0 bridgehead atoms. The third kappa shape index (κ3) is 2.65. The van der Waals surface area contributed by atoms with Crippen LogP contribution in [0.5, 0.6) is 0 Å². The van der Waals surface area contributed by atoms with Crippen LogP contribution >= 0.6 is 0 Å². The lowest BCUT2D eigenvalue weighted by atomic mass is 9.89. The second kappa shape index (κ2) is 6.59. The summed E-state index contributed by atoms with van der Waals surface area (Å²) in [5.41, 5.74) is 7.82. The van der Waals surface area contributed by atoms with Crippen molar-refractivity contribution >= 4 is 17.1 Å². The van der Waals surface area contributed by atoms with E-state index in [1.54, 1.807) is 0 Å². The van der Waals surface area contributed by atoms with Gasteiger partial charge in [-0.15, -0.1) is 0 Å². The molecule has 0 fully saturated rings. The molecule has 2 atom stereocenters. The van der Waals surface area contributed by atoms with Crippen LogP contribution in [0, 0.1) is 27.7 Å². The van der Waals surface area contributed by atoms with Crippen LogP contribution in [0.15, 0.2) is 36.7 Å². The summed E-state index contributed by atoms with van der Waals surface area (Å²) >= 11 is 0. The standard InChI is InChI=1S/C23H26N4O/c1-13-9-7-11-26-19(17(5)24-22(13)26)15(3)21(28)16(4)20-18(6)25-23-14(2)10-8-12-27(20)23/h7-12,15-16H,1-6H3. The minimum atomic E-state index is -0.262. The first-order valence-corrected chi connectivity index (χ1v) is 9.73. The Hall–Kier alpha value is -2.95. The van der Waals surface area contributed by atoms with Gasteiger partial charge in [-0.2, -0.15) is 0 Å². The SMILES string of the molecule is Cc1nc2c(C)cccn2c1C(C)C(=O)C(C)c1c(C)nc2c(C)cccn12. The topological polar surface area (TPSA) is 51.7 Å². The van der Waals surface area contributed by atoms with Crippen molar-refractivity contribution in [3.8, 4) is 0 Å². The number of imidazole rings is 2. The number of ketones is 1. The van der Waals surface area contributed by atoms with Crippen molar-refractivity contribution in [3.05, 3.63) is 70.6 Å². The summed E-state index contributed by atoms with van der Waals surface area (Å²) in [4.78, 5) is 22.9. The second-order valence-electron chi connectivity index (χ2n) is 7.78. The Labute approximate surface area is 165 Å². The number of fused-ring (bicyclic) bond motifs is 2. The summed E-state index contributed by atoms with van der Waals surface area (Å²) in [6.07, 6.45) is 3.99. The molecule has 5 heteroatoms. The largest absolute Gasteiger partial charge is 0.303 e. The number of pyridine rings is 2. The number of rotatable bonds is 4. The molecule has 0 aliphatic rings. The number of carbonyl (C=O) groups is 1. The average Bonchev–Trinajstić information content (AvgIpc) is 3.18. The first kappa shape index (κ1) is 18.4. The maximum absolute atomic E-state index is 13.5. The van der Waals surface area contributed by atoms with Gasteiger partial charge < -0.3 is 8.80 Å². The molecular formula is C23H26N4O. The van der Waals surface area contributed by atoms with E-state index in [0.29, 0.717) is 0 Å². The second-order valence-corrected chi connectivity index (χ2v) is 7.78. The lowest BCUT2D eigenvalue weighted by Crippen LogP contribution is -2.20. The number of hydrogen-bond acceptors (Lipinski definition) is 3. The first-order valence-electron chi connectivity index (χ1n) is 9.73. The molecular weight excluding hydrogens is 348 g/mol. The van der Waals surface area contributed by atoms with Gasteiger partial charge in [0.25, 0.3) is 0 Å². The minimum Gasteiger partial charge on any atom is -0.303 e. The molecule has 5 nitrogen and oxygen atoms in total. The van der Waals surface area contributed by atoms with Crippen LogP contribution in [0.25, 0.3) is 11.3 Å². The quantitative estimate of drug-likeness (QED) is 0.521. The Bertz CT molecular complexity index is 1120. The molecule has 2 unspecified atom stereocenters. The van der Waals surface area contributed by atoms with Crippen molar-refractivity contribution in [2.75, 3.05) is 0 Å². The van der Waals surface area contributed by atoms with Gasteiger partial charge in [0.15, 0.2) is 0 Å². The molecule has 0 radical (unpaired) electrons. The summed E-state index contributed by atoms with van der Waals surface area (Å²) in [6.45, 7) is 12.0. The van der Waals surface area contributed by atoms with Crippen LogP contribution in [-0.2, 0) is 4.79 Å². The molecule has 0 saturated carbocycles. The van der Waals surface area contributed by atoms with Gasteiger partial charge in [0.1, 0.15) is 17.1 Å². The summed E-state index contributed by atoms with van der Waals surface area (Å²) in [7, 11) is 0. The molecule has 4 heterocycles. The van der Waals surface area contributed by atoms with Crippen LogP contribution in [0.3, 0.4) is 0 Å². The predicted octanol–water partition coefficient (Wildman–Crippen LogP) is 4.69. The molecule has 0 saturated heterocycles. The molecule has 0 N–H and O–H groups in total. The predicted molar refractivity (Wildman–Crippen MR) is 111 cm³/mol. The van der Waals surface area contributed by atoms with Crippen molar-refractivity contribution in [3.63, 3.8) is 0 Å². The zero-order valence-electron chi connectivity index (χ0n) is 17.3.